The van der Waals surface area contributed by atoms with E-state index in [0.717, 1.165) is 10.9 Å². The van der Waals surface area contributed by atoms with Crippen LogP contribution in [0.4, 0.5) is 0 Å². The standard InChI is InChI=1S/C17H17N3O2/c1-11-7-14-8-12(3-5-15(14)20(11)2)9-19-17(22)13-4-6-16(21)18-10-13/h3-8,10H,9H2,1-2H3,(H,18,21)(H,19,22). The van der Waals surface area contributed by atoms with Crippen LogP contribution < -0.4 is 10.9 Å². The van der Waals surface area contributed by atoms with E-state index >= 15 is 0 Å². The summed E-state index contributed by atoms with van der Waals surface area (Å²) in [6, 6.07) is 11.1. The van der Waals surface area contributed by atoms with Crippen molar-refractivity contribution in [2.75, 3.05) is 0 Å². The third-order valence-electron chi connectivity index (χ3n) is 3.85. The first kappa shape index (κ1) is 14.1. The Labute approximate surface area is 127 Å². The van der Waals surface area contributed by atoms with Crippen molar-refractivity contribution in [1.82, 2.24) is 14.9 Å². The normalized spacial score (nSPS) is 10.8. The third kappa shape index (κ3) is 2.65. The number of aromatic nitrogens is 2. The lowest BCUT2D eigenvalue weighted by Crippen LogP contribution is -2.23. The van der Waals surface area contributed by atoms with Gasteiger partial charge in [-0.25, -0.2) is 0 Å². The van der Waals surface area contributed by atoms with Gasteiger partial charge in [0.05, 0.1) is 5.56 Å². The van der Waals surface area contributed by atoms with Crippen molar-refractivity contribution in [2.45, 2.75) is 13.5 Å². The summed E-state index contributed by atoms with van der Waals surface area (Å²) in [7, 11) is 2.04. The molecule has 1 aromatic carbocycles. The Bertz CT molecular complexity index is 885. The van der Waals surface area contributed by atoms with Crippen LogP contribution in [0, 0.1) is 6.92 Å². The van der Waals surface area contributed by atoms with Gasteiger partial charge in [-0.05, 0) is 36.8 Å². The number of nitrogens with zero attached hydrogens (tertiary/aromatic N) is 1. The van der Waals surface area contributed by atoms with Gasteiger partial charge >= 0.3 is 0 Å². The molecule has 3 rings (SSSR count). The number of rotatable bonds is 3. The lowest BCUT2D eigenvalue weighted by molar-refractivity contribution is 0.0950. The van der Waals surface area contributed by atoms with E-state index in [-0.39, 0.29) is 11.5 Å². The van der Waals surface area contributed by atoms with Crippen molar-refractivity contribution in [3.8, 4) is 0 Å². The molecule has 5 nitrogen and oxygen atoms in total. The molecular formula is C17H17N3O2. The Morgan fingerprint density at radius 3 is 2.77 bits per heavy atom. The number of pyridine rings is 1. The smallest absolute Gasteiger partial charge is 0.253 e. The van der Waals surface area contributed by atoms with Crippen LogP contribution >= 0.6 is 0 Å². The lowest BCUT2D eigenvalue weighted by Gasteiger charge is -2.06. The molecule has 0 aliphatic carbocycles. The summed E-state index contributed by atoms with van der Waals surface area (Å²) in [5.41, 5.74) is 3.63. The van der Waals surface area contributed by atoms with E-state index in [1.165, 1.54) is 29.5 Å². The average Bonchev–Trinajstić information content (AvgIpc) is 2.80. The van der Waals surface area contributed by atoms with Crippen LogP contribution in [-0.4, -0.2) is 15.5 Å². The number of benzene rings is 1. The molecule has 0 saturated heterocycles. The molecule has 5 heteroatoms. The second-order valence-corrected chi connectivity index (χ2v) is 5.36. The van der Waals surface area contributed by atoms with Gasteiger partial charge in [-0.15, -0.1) is 0 Å². The maximum Gasteiger partial charge on any atom is 0.253 e. The van der Waals surface area contributed by atoms with Crippen LogP contribution in [0.15, 0.2) is 47.4 Å². The Kier molecular flexibility index (Phi) is 3.55. The van der Waals surface area contributed by atoms with Gasteiger partial charge in [-0.1, -0.05) is 6.07 Å². The van der Waals surface area contributed by atoms with Crippen molar-refractivity contribution in [1.29, 1.82) is 0 Å². The Hall–Kier alpha value is -2.82. The summed E-state index contributed by atoms with van der Waals surface area (Å²) < 4.78 is 2.14. The predicted octanol–water partition coefficient (Wildman–Crippen LogP) is 2.11. The van der Waals surface area contributed by atoms with Gasteiger partial charge in [-0.3, -0.25) is 9.59 Å². The van der Waals surface area contributed by atoms with Crippen LogP contribution in [0.2, 0.25) is 0 Å². The molecule has 0 fully saturated rings. The molecule has 0 saturated carbocycles. The van der Waals surface area contributed by atoms with E-state index in [2.05, 4.69) is 40.0 Å². The fourth-order valence-electron chi connectivity index (χ4n) is 2.48. The number of carbonyl (C=O) groups is 1. The quantitative estimate of drug-likeness (QED) is 0.777. The van der Waals surface area contributed by atoms with Crippen molar-refractivity contribution < 1.29 is 4.79 Å². The van der Waals surface area contributed by atoms with E-state index in [0.29, 0.717) is 12.1 Å². The average molecular weight is 295 g/mol. The van der Waals surface area contributed by atoms with E-state index in [4.69, 9.17) is 0 Å². The van der Waals surface area contributed by atoms with Gasteiger partial charge in [-0.2, -0.15) is 0 Å². The number of nitrogens with one attached hydrogen (secondary N) is 2. The molecule has 112 valence electrons. The molecule has 2 heterocycles. The molecule has 0 bridgehead atoms. The molecule has 0 atom stereocenters. The highest BCUT2D eigenvalue weighted by molar-refractivity contribution is 5.93. The summed E-state index contributed by atoms with van der Waals surface area (Å²) in [6.07, 6.45) is 1.42. The maximum absolute atomic E-state index is 12.0. The summed E-state index contributed by atoms with van der Waals surface area (Å²) in [5, 5.41) is 4.02. The van der Waals surface area contributed by atoms with Gasteiger partial charge in [0.1, 0.15) is 0 Å². The van der Waals surface area contributed by atoms with Crippen LogP contribution in [0.3, 0.4) is 0 Å². The van der Waals surface area contributed by atoms with Gasteiger partial charge < -0.3 is 14.9 Å². The van der Waals surface area contributed by atoms with Crippen LogP contribution in [0.5, 0.6) is 0 Å². The lowest BCUT2D eigenvalue weighted by atomic mass is 10.1. The van der Waals surface area contributed by atoms with Crippen molar-refractivity contribution >= 4 is 16.8 Å². The minimum absolute atomic E-state index is 0.208. The molecule has 0 radical (unpaired) electrons. The number of aromatic amines is 1. The molecule has 0 aliphatic heterocycles. The molecule has 0 aliphatic rings. The first-order valence-electron chi connectivity index (χ1n) is 7.06. The van der Waals surface area contributed by atoms with Crippen molar-refractivity contribution in [2.24, 2.45) is 7.05 Å². The SMILES string of the molecule is Cc1cc2cc(CNC(=O)c3ccc(=O)[nH]c3)ccc2n1C. The van der Waals surface area contributed by atoms with Gasteiger partial charge in [0.15, 0.2) is 0 Å². The Morgan fingerprint density at radius 2 is 2.05 bits per heavy atom. The second kappa shape index (κ2) is 5.52. The summed E-state index contributed by atoms with van der Waals surface area (Å²) in [4.78, 5) is 25.5. The number of fused-ring (bicyclic) bond motifs is 1. The number of aryl methyl sites for hydroxylation is 2. The number of carbonyl (C=O) groups excluding carboxylic acids is 1. The molecule has 0 unspecified atom stereocenters. The largest absolute Gasteiger partial charge is 0.348 e. The zero-order valence-electron chi connectivity index (χ0n) is 12.5. The van der Waals surface area contributed by atoms with Crippen molar-refractivity contribution in [3.05, 3.63) is 69.8 Å². The van der Waals surface area contributed by atoms with E-state index < -0.39 is 0 Å². The Morgan fingerprint density at radius 1 is 1.23 bits per heavy atom. The molecule has 2 aromatic heterocycles. The number of hydrogen-bond acceptors (Lipinski definition) is 2. The molecule has 3 aromatic rings. The number of H-pyrrole nitrogens is 1. The first-order chi connectivity index (χ1) is 10.5. The summed E-state index contributed by atoms with van der Waals surface area (Å²) >= 11 is 0. The number of amides is 1. The predicted molar refractivity (Wildman–Crippen MR) is 85.9 cm³/mol. The van der Waals surface area contributed by atoms with E-state index in [1.807, 2.05) is 13.1 Å². The highest BCUT2D eigenvalue weighted by atomic mass is 16.1. The topological polar surface area (TPSA) is 66.9 Å². The van der Waals surface area contributed by atoms with Crippen LogP contribution in [0.25, 0.3) is 10.9 Å². The zero-order valence-corrected chi connectivity index (χ0v) is 12.5. The molecule has 1 amide bonds. The zero-order chi connectivity index (χ0) is 15.7. The number of hydrogen-bond donors (Lipinski definition) is 2. The van der Waals surface area contributed by atoms with E-state index in [9.17, 15) is 9.59 Å². The van der Waals surface area contributed by atoms with Crippen molar-refractivity contribution in [3.63, 3.8) is 0 Å². The van der Waals surface area contributed by atoms with Gasteiger partial charge in [0, 0.05) is 42.5 Å². The molecule has 22 heavy (non-hydrogen) atoms. The van der Waals surface area contributed by atoms with Gasteiger partial charge in [0.2, 0.25) is 5.56 Å². The Balaban J connectivity index is 1.74. The minimum atomic E-state index is -0.221. The van der Waals surface area contributed by atoms with E-state index in [1.54, 1.807) is 0 Å². The molecule has 2 N–H and O–H groups in total. The molecule has 0 spiro atoms. The molecular weight excluding hydrogens is 278 g/mol. The highest BCUT2D eigenvalue weighted by Gasteiger charge is 2.07. The third-order valence-corrected chi connectivity index (χ3v) is 3.85. The first-order valence-corrected chi connectivity index (χ1v) is 7.06. The maximum atomic E-state index is 12.0. The van der Waals surface area contributed by atoms with Crippen LogP contribution in [-0.2, 0) is 13.6 Å². The minimum Gasteiger partial charge on any atom is -0.348 e. The van der Waals surface area contributed by atoms with Crippen LogP contribution in [0.1, 0.15) is 21.6 Å². The second-order valence-electron chi connectivity index (χ2n) is 5.36. The fraction of sp³-hybridized carbons (Fsp3) is 0.176. The summed E-state index contributed by atoms with van der Waals surface area (Å²) in [5.74, 6) is -0.208. The monoisotopic (exact) mass is 295 g/mol. The summed E-state index contributed by atoms with van der Waals surface area (Å²) in [6.45, 7) is 2.51. The fourth-order valence-corrected chi connectivity index (χ4v) is 2.48. The van der Waals surface area contributed by atoms with Gasteiger partial charge in [0.25, 0.3) is 5.91 Å². The highest BCUT2D eigenvalue weighted by Crippen LogP contribution is 2.19.